The summed E-state index contributed by atoms with van der Waals surface area (Å²) in [6.07, 6.45) is 2.21. The summed E-state index contributed by atoms with van der Waals surface area (Å²) in [6.45, 7) is 16.9. The van der Waals surface area contributed by atoms with Crippen molar-refractivity contribution >= 4 is 0 Å². The van der Waals surface area contributed by atoms with Gasteiger partial charge in [0.2, 0.25) is 0 Å². The van der Waals surface area contributed by atoms with Crippen molar-refractivity contribution in [1.82, 2.24) is 29.4 Å². The van der Waals surface area contributed by atoms with Gasteiger partial charge in [-0.1, -0.05) is 0 Å². The molecule has 0 aromatic carbocycles. The van der Waals surface area contributed by atoms with Crippen LogP contribution in [0, 0.1) is 45.3 Å². The highest BCUT2D eigenvalue weighted by atomic mass is 15.3. The summed E-state index contributed by atoms with van der Waals surface area (Å²) in [5.41, 5.74) is 0. The lowest BCUT2D eigenvalue weighted by Gasteiger charge is -2.30. The monoisotopic (exact) mass is 496 g/mol. The Labute approximate surface area is 218 Å². The van der Waals surface area contributed by atoms with Gasteiger partial charge in [-0.3, -0.25) is 29.4 Å². The molecule has 0 saturated carbocycles. The van der Waals surface area contributed by atoms with Crippen LogP contribution in [0.5, 0.6) is 0 Å². The number of nitrogens with zero attached hydrogens (tertiary/aromatic N) is 10. The minimum absolute atomic E-state index is 0.552. The van der Waals surface area contributed by atoms with E-state index in [2.05, 4.69) is 53.7 Å². The molecule has 0 amide bonds. The molecule has 198 valence electrons. The molecule has 0 bridgehead atoms. The van der Waals surface area contributed by atoms with E-state index < -0.39 is 0 Å². The maximum atomic E-state index is 9.05. The summed E-state index contributed by atoms with van der Waals surface area (Å²) in [5.74, 6) is 0. The highest BCUT2D eigenvalue weighted by Gasteiger charge is 2.19. The number of hydrogen-bond acceptors (Lipinski definition) is 10. The van der Waals surface area contributed by atoms with Crippen molar-refractivity contribution < 1.29 is 0 Å². The van der Waals surface area contributed by atoms with E-state index in [1.807, 2.05) is 0 Å². The van der Waals surface area contributed by atoms with Gasteiger partial charge in [0.05, 0.1) is 24.3 Å². The van der Waals surface area contributed by atoms with Gasteiger partial charge < -0.3 is 0 Å². The second-order valence-corrected chi connectivity index (χ2v) is 9.68. The van der Waals surface area contributed by atoms with E-state index in [-0.39, 0.29) is 0 Å². The SMILES string of the molecule is N#CCCN1CCN(CCC#N)CCN(CCN2CCN(CCC#N)CCN(CCC#N)CC2)CC1. The molecule has 2 saturated heterocycles. The Morgan fingerprint density at radius 1 is 0.306 bits per heavy atom. The second kappa shape index (κ2) is 18.9. The van der Waals surface area contributed by atoms with E-state index in [9.17, 15) is 0 Å². The molecule has 0 N–H and O–H groups in total. The summed E-state index contributed by atoms with van der Waals surface area (Å²) >= 11 is 0. The molecule has 0 unspecified atom stereocenters. The molecular formula is C26H44N10. The lowest BCUT2D eigenvalue weighted by molar-refractivity contribution is 0.167. The Kier molecular flexibility index (Phi) is 15.7. The minimum Gasteiger partial charge on any atom is -0.300 e. The highest BCUT2D eigenvalue weighted by molar-refractivity contribution is 4.81. The van der Waals surface area contributed by atoms with Gasteiger partial charge in [-0.2, -0.15) is 21.0 Å². The molecule has 2 fully saturated rings. The van der Waals surface area contributed by atoms with Crippen LogP contribution in [0.2, 0.25) is 0 Å². The maximum absolute atomic E-state index is 9.05. The summed E-state index contributed by atoms with van der Waals surface area (Å²) < 4.78 is 0. The number of rotatable bonds is 11. The quantitative estimate of drug-likeness (QED) is 0.400. The fourth-order valence-electron chi connectivity index (χ4n) is 4.82. The molecule has 0 radical (unpaired) electrons. The van der Waals surface area contributed by atoms with E-state index in [0.717, 1.165) is 118 Å². The summed E-state index contributed by atoms with van der Waals surface area (Å²) in [5, 5.41) is 36.2. The van der Waals surface area contributed by atoms with Crippen molar-refractivity contribution in [2.24, 2.45) is 0 Å². The van der Waals surface area contributed by atoms with Gasteiger partial charge in [0.15, 0.2) is 0 Å². The molecule has 10 nitrogen and oxygen atoms in total. The smallest absolute Gasteiger partial charge is 0.0635 e. The molecule has 2 aliphatic heterocycles. The molecule has 0 atom stereocenters. The van der Waals surface area contributed by atoms with E-state index >= 15 is 0 Å². The van der Waals surface area contributed by atoms with Crippen LogP contribution in [0.25, 0.3) is 0 Å². The lowest BCUT2D eigenvalue weighted by atomic mass is 10.3. The van der Waals surface area contributed by atoms with Crippen molar-refractivity contribution in [3.63, 3.8) is 0 Å². The van der Waals surface area contributed by atoms with E-state index in [4.69, 9.17) is 21.0 Å². The summed E-state index contributed by atoms with van der Waals surface area (Å²) in [7, 11) is 0. The van der Waals surface area contributed by atoms with Crippen LogP contribution in [0.3, 0.4) is 0 Å². The van der Waals surface area contributed by atoms with Crippen molar-refractivity contribution in [3.8, 4) is 24.3 Å². The maximum Gasteiger partial charge on any atom is 0.0635 e. The first kappa shape index (κ1) is 29.9. The predicted octanol–water partition coefficient (Wildman–Crippen LogP) is 0.480. The van der Waals surface area contributed by atoms with Crippen LogP contribution in [0.4, 0.5) is 0 Å². The van der Waals surface area contributed by atoms with E-state index in [1.54, 1.807) is 0 Å². The number of hydrogen-bond donors (Lipinski definition) is 0. The molecule has 0 aliphatic carbocycles. The molecule has 10 heteroatoms. The molecular weight excluding hydrogens is 452 g/mol. The van der Waals surface area contributed by atoms with Crippen LogP contribution in [0.1, 0.15) is 25.7 Å². The molecule has 2 rings (SSSR count). The molecule has 0 aromatic rings. The van der Waals surface area contributed by atoms with Gasteiger partial charge in [-0.25, -0.2) is 0 Å². The third-order valence-electron chi connectivity index (χ3n) is 7.29. The van der Waals surface area contributed by atoms with Crippen LogP contribution in [-0.4, -0.2) is 147 Å². The number of nitriles is 4. The van der Waals surface area contributed by atoms with Gasteiger partial charge in [-0.15, -0.1) is 0 Å². The van der Waals surface area contributed by atoms with Crippen LogP contribution >= 0.6 is 0 Å². The highest BCUT2D eigenvalue weighted by Crippen LogP contribution is 2.06. The molecule has 36 heavy (non-hydrogen) atoms. The first-order valence-corrected chi connectivity index (χ1v) is 13.5. The summed E-state index contributed by atoms with van der Waals surface area (Å²) in [6, 6.07) is 9.11. The second-order valence-electron chi connectivity index (χ2n) is 9.68. The Balaban J connectivity index is 1.96. The Hall–Kier alpha value is -2.28. The van der Waals surface area contributed by atoms with Gasteiger partial charge in [0.1, 0.15) is 0 Å². The van der Waals surface area contributed by atoms with Crippen LogP contribution in [-0.2, 0) is 0 Å². The third kappa shape index (κ3) is 12.6. The molecule has 0 spiro atoms. The Morgan fingerprint density at radius 3 is 0.639 bits per heavy atom. The summed E-state index contributed by atoms with van der Waals surface area (Å²) in [4.78, 5) is 14.6. The fraction of sp³-hybridized carbons (Fsp3) is 0.846. The Morgan fingerprint density at radius 2 is 0.472 bits per heavy atom. The third-order valence-corrected chi connectivity index (χ3v) is 7.29. The van der Waals surface area contributed by atoms with Gasteiger partial charge in [0.25, 0.3) is 0 Å². The van der Waals surface area contributed by atoms with Crippen molar-refractivity contribution in [2.45, 2.75) is 25.7 Å². The van der Waals surface area contributed by atoms with Gasteiger partial charge in [0, 0.05) is 143 Å². The first-order valence-electron chi connectivity index (χ1n) is 13.5. The average Bonchev–Trinajstić information content (AvgIpc) is 3.05. The largest absolute Gasteiger partial charge is 0.300 e. The zero-order chi connectivity index (χ0) is 25.8. The predicted molar refractivity (Wildman–Crippen MR) is 140 cm³/mol. The van der Waals surface area contributed by atoms with Gasteiger partial charge in [-0.05, 0) is 0 Å². The van der Waals surface area contributed by atoms with Crippen molar-refractivity contribution in [2.75, 3.05) is 118 Å². The zero-order valence-electron chi connectivity index (χ0n) is 22.0. The standard InChI is InChI=1S/C26H44N10/c27-5-1-9-31-13-14-32(10-2-6-28)18-22-35(21-17-31)25-26-36-23-19-33(11-3-7-29)15-16-34(20-24-36)12-4-8-30/h1-4,9-26H2. The van der Waals surface area contributed by atoms with Crippen molar-refractivity contribution in [3.05, 3.63) is 0 Å². The molecule has 2 heterocycles. The average molecular weight is 497 g/mol. The van der Waals surface area contributed by atoms with Crippen molar-refractivity contribution in [1.29, 1.82) is 21.0 Å². The Bertz CT molecular complexity index is 637. The van der Waals surface area contributed by atoms with Gasteiger partial charge >= 0.3 is 0 Å². The van der Waals surface area contributed by atoms with E-state index in [0.29, 0.717) is 25.7 Å². The molecule has 2 aliphatic rings. The molecule has 0 aromatic heterocycles. The zero-order valence-corrected chi connectivity index (χ0v) is 22.0. The first-order chi connectivity index (χ1) is 17.7. The normalized spacial score (nSPS) is 20.9. The minimum atomic E-state index is 0.552. The lowest BCUT2D eigenvalue weighted by Crippen LogP contribution is -2.43. The van der Waals surface area contributed by atoms with Crippen LogP contribution in [0.15, 0.2) is 0 Å². The fourth-order valence-corrected chi connectivity index (χ4v) is 4.82. The topological polar surface area (TPSA) is 115 Å². The van der Waals surface area contributed by atoms with E-state index in [1.165, 1.54) is 0 Å². The van der Waals surface area contributed by atoms with Crippen LogP contribution < -0.4 is 0 Å².